The van der Waals surface area contributed by atoms with Gasteiger partial charge in [0.05, 0.1) is 5.41 Å². The maximum absolute atomic E-state index is 11.8. The standard InChI is InChI=1S/C15H20O3/c1-10-7-15(6-5-12(16)11(10)8-15)9-18-13(17)14(2,3)4/h5-6,11H,1,7-9H2,2-4H3/t11-,15+/m1/s1. The fourth-order valence-corrected chi connectivity index (χ4v) is 2.59. The van der Waals surface area contributed by atoms with Crippen molar-refractivity contribution < 1.29 is 14.3 Å². The average molecular weight is 248 g/mol. The van der Waals surface area contributed by atoms with Crippen LogP contribution in [-0.2, 0) is 14.3 Å². The van der Waals surface area contributed by atoms with Gasteiger partial charge in [0.2, 0.25) is 0 Å². The van der Waals surface area contributed by atoms with Gasteiger partial charge >= 0.3 is 5.97 Å². The van der Waals surface area contributed by atoms with E-state index in [0.29, 0.717) is 6.61 Å². The van der Waals surface area contributed by atoms with Crippen molar-refractivity contribution in [2.24, 2.45) is 16.7 Å². The lowest BCUT2D eigenvalue weighted by Crippen LogP contribution is -2.31. The number of ketones is 1. The molecule has 0 radical (unpaired) electrons. The van der Waals surface area contributed by atoms with E-state index in [1.54, 1.807) is 6.08 Å². The molecule has 0 saturated heterocycles. The Balaban J connectivity index is 2.06. The molecule has 0 heterocycles. The van der Waals surface area contributed by atoms with Gasteiger partial charge in [-0.05, 0) is 39.7 Å². The second-order valence-corrected chi connectivity index (χ2v) is 6.52. The number of hydrogen-bond acceptors (Lipinski definition) is 3. The van der Waals surface area contributed by atoms with Gasteiger partial charge in [0.1, 0.15) is 6.61 Å². The molecule has 2 atom stereocenters. The minimum Gasteiger partial charge on any atom is -0.464 e. The molecule has 0 aromatic rings. The number of fused-ring (bicyclic) bond motifs is 2. The summed E-state index contributed by atoms with van der Waals surface area (Å²) in [6.45, 7) is 9.83. The predicted octanol–water partition coefficient (Wildman–Crippen LogP) is 2.67. The first-order valence-electron chi connectivity index (χ1n) is 6.32. The predicted molar refractivity (Wildman–Crippen MR) is 68.9 cm³/mol. The molecule has 1 saturated carbocycles. The minimum atomic E-state index is -0.486. The van der Waals surface area contributed by atoms with Crippen LogP contribution in [0.3, 0.4) is 0 Å². The highest BCUT2D eigenvalue weighted by atomic mass is 16.5. The fraction of sp³-hybridized carbons (Fsp3) is 0.600. The Morgan fingerprint density at radius 2 is 2.22 bits per heavy atom. The normalized spacial score (nSPS) is 30.7. The van der Waals surface area contributed by atoms with Crippen LogP contribution in [0.1, 0.15) is 33.6 Å². The molecular formula is C15H20O3. The van der Waals surface area contributed by atoms with Crippen LogP contribution in [-0.4, -0.2) is 18.4 Å². The summed E-state index contributed by atoms with van der Waals surface area (Å²) in [5, 5.41) is 0. The van der Waals surface area contributed by atoms with Gasteiger partial charge in [-0.25, -0.2) is 0 Å². The minimum absolute atomic E-state index is 0.0664. The number of carbonyl (C=O) groups is 2. The van der Waals surface area contributed by atoms with E-state index >= 15 is 0 Å². The lowest BCUT2D eigenvalue weighted by Gasteiger charge is -2.28. The lowest BCUT2D eigenvalue weighted by atomic mass is 9.81. The van der Waals surface area contributed by atoms with Gasteiger partial charge in [-0.3, -0.25) is 9.59 Å². The van der Waals surface area contributed by atoms with Crippen LogP contribution in [0, 0.1) is 16.7 Å². The number of ether oxygens (including phenoxy) is 1. The molecule has 18 heavy (non-hydrogen) atoms. The number of rotatable bonds is 2. The fourth-order valence-electron chi connectivity index (χ4n) is 2.59. The summed E-state index contributed by atoms with van der Waals surface area (Å²) in [6.07, 6.45) is 5.01. The first-order valence-corrected chi connectivity index (χ1v) is 6.32. The van der Waals surface area contributed by atoms with E-state index in [1.807, 2.05) is 26.8 Å². The molecule has 0 amide bonds. The molecule has 3 heteroatoms. The Morgan fingerprint density at radius 1 is 1.56 bits per heavy atom. The maximum atomic E-state index is 11.8. The summed E-state index contributed by atoms with van der Waals surface area (Å²) in [5.74, 6) is -0.130. The molecule has 0 aromatic carbocycles. The Bertz CT molecular complexity index is 439. The molecule has 0 spiro atoms. The summed E-state index contributed by atoms with van der Waals surface area (Å²) >= 11 is 0. The third-order valence-electron chi connectivity index (χ3n) is 3.73. The number of esters is 1. The zero-order chi connectivity index (χ0) is 13.6. The maximum Gasteiger partial charge on any atom is 0.311 e. The van der Waals surface area contributed by atoms with Crippen LogP contribution in [0.15, 0.2) is 24.3 Å². The lowest BCUT2D eigenvalue weighted by molar-refractivity contribution is -0.155. The Morgan fingerprint density at radius 3 is 2.83 bits per heavy atom. The molecule has 2 aliphatic carbocycles. The summed E-state index contributed by atoms with van der Waals surface area (Å²) in [7, 11) is 0. The van der Waals surface area contributed by atoms with Gasteiger partial charge in [0.15, 0.2) is 5.78 Å². The Hall–Kier alpha value is -1.38. The van der Waals surface area contributed by atoms with Crippen LogP contribution < -0.4 is 0 Å². The molecule has 0 aliphatic heterocycles. The van der Waals surface area contributed by atoms with Crippen LogP contribution >= 0.6 is 0 Å². The molecular weight excluding hydrogens is 228 g/mol. The third kappa shape index (κ3) is 2.26. The first kappa shape index (κ1) is 13.1. The van der Waals surface area contributed by atoms with Crippen LogP contribution in [0.2, 0.25) is 0 Å². The Kier molecular flexibility index (Phi) is 2.96. The van der Waals surface area contributed by atoms with Crippen molar-refractivity contribution in [3.8, 4) is 0 Å². The quantitative estimate of drug-likeness (QED) is 0.557. The van der Waals surface area contributed by atoms with Crippen molar-refractivity contribution in [1.82, 2.24) is 0 Å². The van der Waals surface area contributed by atoms with Crippen LogP contribution in [0.5, 0.6) is 0 Å². The summed E-state index contributed by atoms with van der Waals surface area (Å²) in [6, 6.07) is 0. The largest absolute Gasteiger partial charge is 0.464 e. The van der Waals surface area contributed by atoms with E-state index in [0.717, 1.165) is 18.4 Å². The molecule has 2 bridgehead atoms. The van der Waals surface area contributed by atoms with Gasteiger partial charge in [-0.15, -0.1) is 0 Å². The topological polar surface area (TPSA) is 43.4 Å². The van der Waals surface area contributed by atoms with E-state index in [-0.39, 0.29) is 23.1 Å². The smallest absolute Gasteiger partial charge is 0.311 e. The molecule has 3 nitrogen and oxygen atoms in total. The van der Waals surface area contributed by atoms with E-state index < -0.39 is 5.41 Å². The second-order valence-electron chi connectivity index (χ2n) is 6.52. The van der Waals surface area contributed by atoms with Crippen molar-refractivity contribution in [2.75, 3.05) is 6.61 Å². The molecule has 0 aromatic heterocycles. The average Bonchev–Trinajstić information content (AvgIpc) is 2.54. The molecule has 0 unspecified atom stereocenters. The number of carbonyl (C=O) groups excluding carboxylic acids is 2. The first-order chi connectivity index (χ1) is 8.23. The summed E-state index contributed by atoms with van der Waals surface area (Å²) in [4.78, 5) is 23.4. The van der Waals surface area contributed by atoms with Gasteiger partial charge < -0.3 is 4.74 Å². The van der Waals surface area contributed by atoms with Crippen LogP contribution in [0.25, 0.3) is 0 Å². The van der Waals surface area contributed by atoms with Crippen molar-refractivity contribution >= 4 is 11.8 Å². The molecule has 2 rings (SSSR count). The van der Waals surface area contributed by atoms with Crippen molar-refractivity contribution in [3.05, 3.63) is 24.3 Å². The highest BCUT2D eigenvalue weighted by Gasteiger charge is 2.46. The SMILES string of the molecule is C=C1C[C@@]2(COC(=O)C(C)(C)C)C=CC(=O)[C@@H]1C2. The van der Waals surface area contributed by atoms with Gasteiger partial charge in [-0.2, -0.15) is 0 Å². The van der Waals surface area contributed by atoms with E-state index in [2.05, 4.69) is 6.58 Å². The highest BCUT2D eigenvalue weighted by Crippen LogP contribution is 2.49. The third-order valence-corrected chi connectivity index (χ3v) is 3.73. The zero-order valence-corrected chi connectivity index (χ0v) is 11.3. The molecule has 2 aliphatic rings. The molecule has 98 valence electrons. The van der Waals surface area contributed by atoms with E-state index in [9.17, 15) is 9.59 Å². The highest BCUT2D eigenvalue weighted by molar-refractivity contribution is 5.95. The summed E-state index contributed by atoms with van der Waals surface area (Å²) in [5.41, 5.74) is 0.285. The van der Waals surface area contributed by atoms with Crippen LogP contribution in [0.4, 0.5) is 0 Å². The second kappa shape index (κ2) is 4.08. The van der Waals surface area contributed by atoms with E-state index in [1.165, 1.54) is 0 Å². The monoisotopic (exact) mass is 248 g/mol. The van der Waals surface area contributed by atoms with Gasteiger partial charge in [0, 0.05) is 11.3 Å². The zero-order valence-electron chi connectivity index (χ0n) is 11.3. The summed E-state index contributed by atoms with van der Waals surface area (Å²) < 4.78 is 5.41. The van der Waals surface area contributed by atoms with Gasteiger partial charge in [0.25, 0.3) is 0 Å². The van der Waals surface area contributed by atoms with Crippen molar-refractivity contribution in [3.63, 3.8) is 0 Å². The molecule has 1 fully saturated rings. The van der Waals surface area contributed by atoms with Gasteiger partial charge in [-0.1, -0.05) is 18.2 Å². The van der Waals surface area contributed by atoms with E-state index in [4.69, 9.17) is 4.74 Å². The van der Waals surface area contributed by atoms with Crippen molar-refractivity contribution in [2.45, 2.75) is 33.6 Å². The number of hydrogen-bond donors (Lipinski definition) is 0. The number of allylic oxidation sites excluding steroid dienone is 2. The molecule has 0 N–H and O–H groups in total. The van der Waals surface area contributed by atoms with Crippen molar-refractivity contribution in [1.29, 1.82) is 0 Å². The Labute approximate surface area is 108 Å².